The van der Waals surface area contributed by atoms with Gasteiger partial charge in [-0.25, -0.2) is 4.39 Å². The van der Waals surface area contributed by atoms with Crippen molar-refractivity contribution in [3.63, 3.8) is 0 Å². The molecule has 0 amide bonds. The van der Waals surface area contributed by atoms with Crippen LogP contribution in [0.3, 0.4) is 0 Å². The summed E-state index contributed by atoms with van der Waals surface area (Å²) in [7, 11) is 1.20. The minimum atomic E-state index is -4.69. The van der Waals surface area contributed by atoms with E-state index in [1.807, 2.05) is 0 Å². The van der Waals surface area contributed by atoms with E-state index in [1.165, 1.54) is 7.05 Å². The highest BCUT2D eigenvalue weighted by atomic mass is 19.4. The topological polar surface area (TPSA) is 53.1 Å². The molecule has 7 heteroatoms. The van der Waals surface area contributed by atoms with Crippen molar-refractivity contribution in [2.24, 2.45) is 5.73 Å². The second-order valence-electron chi connectivity index (χ2n) is 3.10. The number of nitrogens with two attached hydrogens (primary N) is 1. The second kappa shape index (κ2) is 3.99. The van der Waals surface area contributed by atoms with Crippen LogP contribution in [-0.4, -0.2) is 13.0 Å². The van der Waals surface area contributed by atoms with Crippen molar-refractivity contribution in [3.8, 4) is 0 Å². The monoisotopic (exact) mass is 235 g/mol. The Morgan fingerprint density at radius 1 is 1.38 bits per heavy atom. The quantitative estimate of drug-likeness (QED) is 0.445. The van der Waals surface area contributed by atoms with E-state index in [0.717, 1.165) is 17.0 Å². The molecule has 0 aromatic heterocycles. The molecular formula is C9H9F4N3. The molecule has 0 spiro atoms. The highest BCUT2D eigenvalue weighted by molar-refractivity contribution is 5.92. The van der Waals surface area contributed by atoms with E-state index in [2.05, 4.69) is 0 Å². The Hall–Kier alpha value is -1.79. The van der Waals surface area contributed by atoms with Gasteiger partial charge in [-0.1, -0.05) is 0 Å². The molecule has 0 heterocycles. The minimum Gasteiger partial charge on any atom is -0.370 e. The van der Waals surface area contributed by atoms with Crippen molar-refractivity contribution >= 4 is 11.6 Å². The summed E-state index contributed by atoms with van der Waals surface area (Å²) < 4.78 is 50.4. The van der Waals surface area contributed by atoms with Crippen LogP contribution in [0.4, 0.5) is 23.2 Å². The van der Waals surface area contributed by atoms with Gasteiger partial charge in [-0.05, 0) is 18.2 Å². The lowest BCUT2D eigenvalue weighted by molar-refractivity contribution is -0.137. The second-order valence-corrected chi connectivity index (χ2v) is 3.10. The van der Waals surface area contributed by atoms with Gasteiger partial charge in [-0.3, -0.25) is 5.41 Å². The van der Waals surface area contributed by atoms with Crippen LogP contribution in [0.2, 0.25) is 0 Å². The van der Waals surface area contributed by atoms with E-state index in [1.54, 1.807) is 0 Å². The summed E-state index contributed by atoms with van der Waals surface area (Å²) in [5.74, 6) is -1.55. The van der Waals surface area contributed by atoms with Crippen molar-refractivity contribution in [2.75, 3.05) is 11.9 Å². The van der Waals surface area contributed by atoms with Gasteiger partial charge in [-0.15, -0.1) is 0 Å². The SMILES string of the molecule is CN(C(=N)N)c1ccc(F)cc1C(F)(F)F. The zero-order valence-electron chi connectivity index (χ0n) is 8.27. The first kappa shape index (κ1) is 12.3. The van der Waals surface area contributed by atoms with Gasteiger partial charge < -0.3 is 10.6 Å². The van der Waals surface area contributed by atoms with Gasteiger partial charge in [0.05, 0.1) is 11.3 Å². The largest absolute Gasteiger partial charge is 0.418 e. The van der Waals surface area contributed by atoms with Crippen LogP contribution in [0.15, 0.2) is 18.2 Å². The molecule has 1 aromatic carbocycles. The number of rotatable bonds is 1. The minimum absolute atomic E-state index is 0.360. The highest BCUT2D eigenvalue weighted by Gasteiger charge is 2.35. The van der Waals surface area contributed by atoms with Gasteiger partial charge in [0.15, 0.2) is 5.96 Å². The van der Waals surface area contributed by atoms with Crippen molar-refractivity contribution in [2.45, 2.75) is 6.18 Å². The van der Waals surface area contributed by atoms with Crippen LogP contribution in [-0.2, 0) is 6.18 Å². The van der Waals surface area contributed by atoms with Gasteiger partial charge in [0.1, 0.15) is 5.82 Å². The van der Waals surface area contributed by atoms with Crippen LogP contribution in [0.1, 0.15) is 5.56 Å². The van der Waals surface area contributed by atoms with Crippen LogP contribution >= 0.6 is 0 Å². The van der Waals surface area contributed by atoms with E-state index >= 15 is 0 Å². The van der Waals surface area contributed by atoms with Crippen molar-refractivity contribution in [1.29, 1.82) is 5.41 Å². The number of hydrogen-bond donors (Lipinski definition) is 2. The molecule has 3 nitrogen and oxygen atoms in total. The van der Waals surface area contributed by atoms with Gasteiger partial charge in [-0.2, -0.15) is 13.2 Å². The molecule has 16 heavy (non-hydrogen) atoms. The molecule has 0 unspecified atom stereocenters. The van der Waals surface area contributed by atoms with E-state index < -0.39 is 23.5 Å². The number of nitrogens with zero attached hydrogens (tertiary/aromatic N) is 1. The maximum atomic E-state index is 12.7. The Labute approximate surface area is 89.0 Å². The normalized spacial score (nSPS) is 11.3. The number of halogens is 4. The van der Waals surface area contributed by atoms with Crippen LogP contribution < -0.4 is 10.6 Å². The van der Waals surface area contributed by atoms with Gasteiger partial charge in [0.25, 0.3) is 0 Å². The van der Waals surface area contributed by atoms with Gasteiger partial charge in [0.2, 0.25) is 0 Å². The summed E-state index contributed by atoms with van der Waals surface area (Å²) in [5.41, 5.74) is 3.54. The number of anilines is 1. The van der Waals surface area contributed by atoms with Crippen LogP contribution in [0, 0.1) is 11.2 Å². The molecule has 1 rings (SSSR count). The van der Waals surface area contributed by atoms with E-state index in [0.29, 0.717) is 6.07 Å². The molecule has 0 aliphatic carbocycles. The lowest BCUT2D eigenvalue weighted by Gasteiger charge is -2.21. The predicted octanol–water partition coefficient (Wildman–Crippen LogP) is 2.17. The van der Waals surface area contributed by atoms with Crippen LogP contribution in [0.5, 0.6) is 0 Å². The fourth-order valence-corrected chi connectivity index (χ4v) is 1.16. The molecule has 88 valence electrons. The number of benzene rings is 1. The summed E-state index contributed by atoms with van der Waals surface area (Å²) in [5, 5.41) is 7.04. The molecule has 0 saturated carbocycles. The lowest BCUT2D eigenvalue weighted by Crippen LogP contribution is -2.34. The van der Waals surface area contributed by atoms with Crippen molar-refractivity contribution in [3.05, 3.63) is 29.6 Å². The first-order valence-electron chi connectivity index (χ1n) is 4.18. The first-order valence-corrected chi connectivity index (χ1v) is 4.18. The number of guanidine groups is 1. The Bertz CT molecular complexity index is 414. The Morgan fingerprint density at radius 3 is 2.38 bits per heavy atom. The molecular weight excluding hydrogens is 226 g/mol. The molecule has 0 aliphatic rings. The Balaban J connectivity index is 3.34. The average molecular weight is 235 g/mol. The van der Waals surface area contributed by atoms with Crippen molar-refractivity contribution in [1.82, 2.24) is 0 Å². The van der Waals surface area contributed by atoms with Gasteiger partial charge in [0, 0.05) is 7.05 Å². The standard InChI is InChI=1S/C9H9F4N3/c1-16(8(14)15)7-3-2-5(10)4-6(7)9(11,12)13/h2-4H,1H3,(H3,14,15). The zero-order valence-corrected chi connectivity index (χ0v) is 8.27. The number of hydrogen-bond acceptors (Lipinski definition) is 1. The molecule has 0 saturated heterocycles. The van der Waals surface area contributed by atoms with E-state index in [4.69, 9.17) is 11.1 Å². The summed E-state index contributed by atoms with van der Waals surface area (Å²) in [6.07, 6.45) is -4.69. The Kier molecular flexibility index (Phi) is 3.06. The smallest absolute Gasteiger partial charge is 0.370 e. The Morgan fingerprint density at radius 2 is 1.94 bits per heavy atom. The third kappa shape index (κ3) is 2.41. The summed E-state index contributed by atoms with van der Waals surface area (Å²) in [6, 6.07) is 2.18. The maximum absolute atomic E-state index is 12.7. The fourth-order valence-electron chi connectivity index (χ4n) is 1.16. The fraction of sp³-hybridized carbons (Fsp3) is 0.222. The number of alkyl halides is 3. The molecule has 1 aromatic rings. The molecule has 0 atom stereocenters. The van der Waals surface area contributed by atoms with E-state index in [-0.39, 0.29) is 5.69 Å². The highest BCUT2D eigenvalue weighted by Crippen LogP contribution is 2.36. The van der Waals surface area contributed by atoms with Gasteiger partial charge >= 0.3 is 6.18 Å². The maximum Gasteiger partial charge on any atom is 0.418 e. The molecule has 0 radical (unpaired) electrons. The molecule has 3 N–H and O–H groups in total. The predicted molar refractivity (Wildman–Crippen MR) is 51.7 cm³/mol. The molecule has 0 fully saturated rings. The molecule has 0 aliphatic heterocycles. The summed E-state index contributed by atoms with van der Waals surface area (Å²) in [4.78, 5) is 0.822. The average Bonchev–Trinajstić information content (AvgIpc) is 2.15. The lowest BCUT2D eigenvalue weighted by atomic mass is 10.1. The summed E-state index contributed by atoms with van der Waals surface area (Å²) >= 11 is 0. The van der Waals surface area contributed by atoms with E-state index in [9.17, 15) is 17.6 Å². The number of nitrogens with one attached hydrogen (secondary N) is 1. The van der Waals surface area contributed by atoms with Crippen molar-refractivity contribution < 1.29 is 17.6 Å². The zero-order chi connectivity index (χ0) is 12.5. The first-order chi connectivity index (χ1) is 7.23. The third-order valence-electron chi connectivity index (χ3n) is 1.99. The van der Waals surface area contributed by atoms with Crippen LogP contribution in [0.25, 0.3) is 0 Å². The third-order valence-corrected chi connectivity index (χ3v) is 1.99. The summed E-state index contributed by atoms with van der Waals surface area (Å²) in [6.45, 7) is 0. The molecule has 0 bridgehead atoms.